The summed E-state index contributed by atoms with van der Waals surface area (Å²) in [7, 11) is 3.66. The van der Waals surface area contributed by atoms with E-state index in [2.05, 4.69) is 34.4 Å². The fraction of sp³-hybridized carbons (Fsp3) is 0.727. The van der Waals surface area contributed by atoms with Crippen molar-refractivity contribution in [3.8, 4) is 0 Å². The molecule has 1 rings (SSSR count). The molecule has 0 radical (unpaired) electrons. The van der Waals surface area contributed by atoms with Crippen LogP contribution in [0.1, 0.15) is 19.5 Å². The van der Waals surface area contributed by atoms with Gasteiger partial charge in [0, 0.05) is 31.6 Å². The van der Waals surface area contributed by atoms with E-state index in [4.69, 9.17) is 4.74 Å². The van der Waals surface area contributed by atoms with Gasteiger partial charge >= 0.3 is 0 Å². The van der Waals surface area contributed by atoms with Crippen LogP contribution in [-0.2, 0) is 11.3 Å². The van der Waals surface area contributed by atoms with Crippen LogP contribution in [0.4, 0.5) is 5.13 Å². The first-order chi connectivity index (χ1) is 7.69. The predicted molar refractivity (Wildman–Crippen MR) is 69.2 cm³/mol. The van der Waals surface area contributed by atoms with Crippen molar-refractivity contribution in [3.05, 3.63) is 11.1 Å². The fourth-order valence-electron chi connectivity index (χ4n) is 1.45. The fourth-order valence-corrected chi connectivity index (χ4v) is 2.44. The first kappa shape index (κ1) is 13.4. The standard InChI is InChI=1S/C11H21N3OS/c1-9(2)14(5-6-15-4)11-13-10(7-12-3)8-16-11/h8-9,12H,5-7H2,1-4H3. The van der Waals surface area contributed by atoms with Crippen LogP contribution in [0.2, 0.25) is 0 Å². The minimum absolute atomic E-state index is 0.448. The van der Waals surface area contributed by atoms with E-state index >= 15 is 0 Å². The van der Waals surface area contributed by atoms with Crippen molar-refractivity contribution in [3.63, 3.8) is 0 Å². The Morgan fingerprint density at radius 2 is 2.31 bits per heavy atom. The summed E-state index contributed by atoms with van der Waals surface area (Å²) in [5, 5.41) is 6.30. The Morgan fingerprint density at radius 1 is 1.56 bits per heavy atom. The zero-order valence-electron chi connectivity index (χ0n) is 10.5. The molecule has 0 bridgehead atoms. The van der Waals surface area contributed by atoms with E-state index in [1.807, 2.05) is 7.05 Å². The quantitative estimate of drug-likeness (QED) is 0.791. The van der Waals surface area contributed by atoms with Crippen LogP contribution in [0, 0.1) is 0 Å². The Kier molecular flexibility index (Phi) is 5.73. The summed E-state index contributed by atoms with van der Waals surface area (Å²) in [6, 6.07) is 0.448. The van der Waals surface area contributed by atoms with Crippen molar-refractivity contribution < 1.29 is 4.74 Å². The predicted octanol–water partition coefficient (Wildman–Crippen LogP) is 1.72. The molecule has 16 heavy (non-hydrogen) atoms. The molecule has 0 aromatic carbocycles. The molecule has 5 heteroatoms. The number of nitrogens with zero attached hydrogens (tertiary/aromatic N) is 2. The largest absolute Gasteiger partial charge is 0.383 e. The van der Waals surface area contributed by atoms with Gasteiger partial charge in [-0.3, -0.25) is 0 Å². The van der Waals surface area contributed by atoms with Crippen molar-refractivity contribution in [1.82, 2.24) is 10.3 Å². The Bertz CT molecular complexity index is 301. The van der Waals surface area contributed by atoms with Gasteiger partial charge in [0.25, 0.3) is 0 Å². The molecule has 4 nitrogen and oxygen atoms in total. The van der Waals surface area contributed by atoms with Crippen molar-refractivity contribution in [2.45, 2.75) is 26.4 Å². The van der Waals surface area contributed by atoms with Gasteiger partial charge in [0.1, 0.15) is 0 Å². The molecule has 92 valence electrons. The topological polar surface area (TPSA) is 37.4 Å². The monoisotopic (exact) mass is 243 g/mol. The molecule has 0 atom stereocenters. The first-order valence-electron chi connectivity index (χ1n) is 5.53. The smallest absolute Gasteiger partial charge is 0.185 e. The molecule has 1 aromatic heterocycles. The lowest BCUT2D eigenvalue weighted by Crippen LogP contribution is -2.33. The Morgan fingerprint density at radius 3 is 2.88 bits per heavy atom. The summed E-state index contributed by atoms with van der Waals surface area (Å²) >= 11 is 1.70. The van der Waals surface area contributed by atoms with Crippen LogP contribution < -0.4 is 10.2 Å². The highest BCUT2D eigenvalue weighted by Gasteiger charge is 2.13. The number of hydrogen-bond acceptors (Lipinski definition) is 5. The van der Waals surface area contributed by atoms with E-state index in [-0.39, 0.29) is 0 Å². The van der Waals surface area contributed by atoms with E-state index < -0.39 is 0 Å². The number of aromatic nitrogens is 1. The lowest BCUT2D eigenvalue weighted by atomic mass is 10.3. The Hall–Kier alpha value is -0.650. The summed E-state index contributed by atoms with van der Waals surface area (Å²) in [6.07, 6.45) is 0. The van der Waals surface area contributed by atoms with Gasteiger partial charge in [0.05, 0.1) is 12.3 Å². The van der Waals surface area contributed by atoms with Gasteiger partial charge in [-0.1, -0.05) is 0 Å². The molecule has 0 aliphatic carbocycles. The van der Waals surface area contributed by atoms with Crippen LogP contribution in [0.5, 0.6) is 0 Å². The summed E-state index contributed by atoms with van der Waals surface area (Å²) in [6.45, 7) is 6.80. The molecule has 1 heterocycles. The lowest BCUT2D eigenvalue weighted by Gasteiger charge is -2.25. The van der Waals surface area contributed by atoms with Gasteiger partial charge < -0.3 is 15.0 Å². The minimum atomic E-state index is 0.448. The molecule has 1 aromatic rings. The Labute approximate surface area is 102 Å². The van der Waals surface area contributed by atoms with Crippen molar-refractivity contribution in [1.29, 1.82) is 0 Å². The number of methoxy groups -OCH3 is 1. The SMILES string of the molecule is CNCc1csc(N(CCOC)C(C)C)n1. The van der Waals surface area contributed by atoms with Crippen molar-refractivity contribution >= 4 is 16.5 Å². The van der Waals surface area contributed by atoms with Crippen LogP contribution in [0.3, 0.4) is 0 Å². The third-order valence-electron chi connectivity index (χ3n) is 2.30. The van der Waals surface area contributed by atoms with Gasteiger partial charge in [-0.15, -0.1) is 11.3 Å². The number of thiazole rings is 1. The van der Waals surface area contributed by atoms with E-state index in [1.165, 1.54) is 0 Å². The molecule has 0 aliphatic rings. The van der Waals surface area contributed by atoms with Gasteiger partial charge in [0.2, 0.25) is 0 Å². The van der Waals surface area contributed by atoms with E-state index in [0.717, 1.165) is 30.5 Å². The molecule has 1 N–H and O–H groups in total. The number of hydrogen-bond donors (Lipinski definition) is 1. The zero-order valence-corrected chi connectivity index (χ0v) is 11.3. The average Bonchev–Trinajstić information content (AvgIpc) is 2.67. The second-order valence-electron chi connectivity index (χ2n) is 3.93. The second-order valence-corrected chi connectivity index (χ2v) is 4.77. The minimum Gasteiger partial charge on any atom is -0.383 e. The number of rotatable bonds is 7. The third kappa shape index (κ3) is 3.73. The van der Waals surface area contributed by atoms with Crippen molar-refractivity contribution in [2.24, 2.45) is 0 Å². The van der Waals surface area contributed by atoms with Crippen molar-refractivity contribution in [2.75, 3.05) is 32.2 Å². The summed E-state index contributed by atoms with van der Waals surface area (Å²) in [4.78, 5) is 6.87. The number of ether oxygens (including phenoxy) is 1. The van der Waals surface area contributed by atoms with Gasteiger partial charge in [-0.05, 0) is 20.9 Å². The highest BCUT2D eigenvalue weighted by atomic mass is 32.1. The van der Waals surface area contributed by atoms with Gasteiger partial charge in [0.15, 0.2) is 5.13 Å². The molecule has 0 fully saturated rings. The van der Waals surface area contributed by atoms with E-state index in [9.17, 15) is 0 Å². The van der Waals surface area contributed by atoms with Crippen LogP contribution >= 0.6 is 11.3 Å². The molecular weight excluding hydrogens is 222 g/mol. The highest BCUT2D eigenvalue weighted by Crippen LogP contribution is 2.22. The maximum absolute atomic E-state index is 5.12. The first-order valence-corrected chi connectivity index (χ1v) is 6.41. The maximum atomic E-state index is 5.12. The van der Waals surface area contributed by atoms with Gasteiger partial charge in [-0.25, -0.2) is 4.98 Å². The second kappa shape index (κ2) is 6.83. The highest BCUT2D eigenvalue weighted by molar-refractivity contribution is 7.13. The average molecular weight is 243 g/mol. The summed E-state index contributed by atoms with van der Waals surface area (Å²) in [5.74, 6) is 0. The molecule has 0 aliphatic heterocycles. The molecule has 0 amide bonds. The van der Waals surface area contributed by atoms with Crippen LogP contribution in [0.25, 0.3) is 0 Å². The summed E-state index contributed by atoms with van der Waals surface area (Å²) in [5.41, 5.74) is 1.10. The normalized spacial score (nSPS) is 11.1. The lowest BCUT2D eigenvalue weighted by molar-refractivity contribution is 0.204. The zero-order chi connectivity index (χ0) is 12.0. The number of nitrogens with one attached hydrogen (secondary N) is 1. The molecular formula is C11H21N3OS. The molecule has 0 spiro atoms. The Balaban J connectivity index is 2.68. The van der Waals surface area contributed by atoms with E-state index in [1.54, 1.807) is 18.4 Å². The van der Waals surface area contributed by atoms with Crippen LogP contribution in [0.15, 0.2) is 5.38 Å². The van der Waals surface area contributed by atoms with Crippen LogP contribution in [-0.4, -0.2) is 38.3 Å². The maximum Gasteiger partial charge on any atom is 0.185 e. The summed E-state index contributed by atoms with van der Waals surface area (Å²) < 4.78 is 5.12. The van der Waals surface area contributed by atoms with E-state index in [0.29, 0.717) is 6.04 Å². The molecule has 0 saturated carbocycles. The molecule has 0 unspecified atom stereocenters. The molecule has 0 saturated heterocycles. The number of anilines is 1. The third-order valence-corrected chi connectivity index (χ3v) is 3.23. The van der Waals surface area contributed by atoms with Gasteiger partial charge in [-0.2, -0.15) is 0 Å².